The molecule has 1 N–H and O–H groups in total. The minimum atomic E-state index is -4.24. The number of amides is 2. The number of nitrogens with zero attached hydrogens (tertiary/aromatic N) is 2. The van der Waals surface area contributed by atoms with Crippen LogP contribution in [0.5, 0.6) is 5.75 Å². The van der Waals surface area contributed by atoms with Gasteiger partial charge in [0, 0.05) is 13.1 Å². The van der Waals surface area contributed by atoms with E-state index in [0.717, 1.165) is 9.87 Å². The zero-order valence-corrected chi connectivity index (χ0v) is 24.3. The third-order valence-corrected chi connectivity index (χ3v) is 8.64. The molecular weight excluding hydrogens is 561 g/mol. The molecule has 39 heavy (non-hydrogen) atoms. The fourth-order valence-corrected chi connectivity index (χ4v) is 5.95. The first-order valence-electron chi connectivity index (χ1n) is 12.4. The van der Waals surface area contributed by atoms with Crippen LogP contribution in [0.3, 0.4) is 0 Å². The summed E-state index contributed by atoms with van der Waals surface area (Å²) < 4.78 is 33.8. The smallest absolute Gasteiger partial charge is 0.264 e. The maximum atomic E-state index is 14.0. The van der Waals surface area contributed by atoms with Crippen LogP contribution in [-0.2, 0) is 26.2 Å². The molecule has 0 aliphatic carbocycles. The molecule has 0 radical (unpaired) electrons. The molecule has 0 fully saturated rings. The van der Waals surface area contributed by atoms with E-state index in [-0.39, 0.29) is 33.1 Å². The number of nitrogens with one attached hydrogen (secondary N) is 1. The Hall–Kier alpha value is -3.27. The van der Waals surface area contributed by atoms with Crippen LogP contribution in [-0.4, -0.2) is 51.4 Å². The molecule has 0 aliphatic heterocycles. The summed E-state index contributed by atoms with van der Waals surface area (Å²) in [6, 6.07) is 18.5. The lowest BCUT2D eigenvalue weighted by atomic mass is 10.1. The summed E-state index contributed by atoms with van der Waals surface area (Å²) in [4.78, 5) is 28.3. The molecule has 0 heterocycles. The molecule has 0 aliphatic rings. The van der Waals surface area contributed by atoms with Crippen LogP contribution >= 0.6 is 23.2 Å². The van der Waals surface area contributed by atoms with Crippen molar-refractivity contribution in [3.05, 3.63) is 88.4 Å². The summed E-state index contributed by atoms with van der Waals surface area (Å²) >= 11 is 12.7. The number of hydrogen-bond donors (Lipinski definition) is 1. The summed E-state index contributed by atoms with van der Waals surface area (Å²) in [6.45, 7) is 3.42. The first kappa shape index (κ1) is 30.3. The predicted octanol–water partition coefficient (Wildman–Crippen LogP) is 5.14. The number of benzene rings is 3. The standard InChI is InChI=1S/C28H31Cl2N3O5S/c1-4-24(28(35)31-5-2)32(18-20-14-16-21(38-3)17-15-20)26(34)19-33(25-13-9-12-23(29)27(25)30)39(36,37)22-10-7-6-8-11-22/h6-17,24H,4-5,18-19H2,1-3H3,(H,31,35)/t24-/m0/s1. The van der Waals surface area contributed by atoms with E-state index in [1.807, 2.05) is 0 Å². The summed E-state index contributed by atoms with van der Waals surface area (Å²) in [5.74, 6) is -0.275. The van der Waals surface area contributed by atoms with Gasteiger partial charge < -0.3 is 15.0 Å². The average molecular weight is 593 g/mol. The zero-order chi connectivity index (χ0) is 28.6. The lowest BCUT2D eigenvalue weighted by molar-refractivity contribution is -0.140. The van der Waals surface area contributed by atoms with Crippen LogP contribution in [0.4, 0.5) is 5.69 Å². The quantitative estimate of drug-likeness (QED) is 0.314. The fraction of sp³-hybridized carbons (Fsp3) is 0.286. The van der Waals surface area contributed by atoms with Crippen LogP contribution in [0.25, 0.3) is 0 Å². The molecule has 11 heteroatoms. The molecule has 0 aromatic heterocycles. The molecule has 2 amide bonds. The normalized spacial score (nSPS) is 11.9. The Labute approximate surface area is 239 Å². The molecule has 0 bridgehead atoms. The van der Waals surface area contributed by atoms with Crippen molar-refractivity contribution in [2.45, 2.75) is 37.8 Å². The van der Waals surface area contributed by atoms with Gasteiger partial charge in [0.15, 0.2) is 0 Å². The molecular formula is C28H31Cl2N3O5S. The number of anilines is 1. The number of carbonyl (C=O) groups excluding carboxylic acids is 2. The van der Waals surface area contributed by atoms with Gasteiger partial charge in [-0.1, -0.05) is 66.5 Å². The van der Waals surface area contributed by atoms with E-state index in [2.05, 4.69) is 5.32 Å². The molecule has 3 rings (SSSR count). The Bertz CT molecular complexity index is 1390. The second-order valence-corrected chi connectivity index (χ2v) is 11.2. The second-order valence-electron chi connectivity index (χ2n) is 8.59. The highest BCUT2D eigenvalue weighted by Crippen LogP contribution is 2.35. The molecule has 1 atom stereocenters. The monoisotopic (exact) mass is 591 g/mol. The van der Waals surface area contributed by atoms with Crippen LogP contribution < -0.4 is 14.4 Å². The number of methoxy groups -OCH3 is 1. The number of rotatable bonds is 12. The highest BCUT2D eigenvalue weighted by molar-refractivity contribution is 7.92. The van der Waals surface area contributed by atoms with E-state index in [9.17, 15) is 18.0 Å². The van der Waals surface area contributed by atoms with E-state index in [1.54, 1.807) is 69.5 Å². The van der Waals surface area contributed by atoms with Crippen LogP contribution in [0.2, 0.25) is 10.0 Å². The van der Waals surface area contributed by atoms with Crippen LogP contribution in [0, 0.1) is 0 Å². The first-order chi connectivity index (χ1) is 18.6. The summed E-state index contributed by atoms with van der Waals surface area (Å²) in [7, 11) is -2.69. The Kier molecular flexibility index (Phi) is 10.6. The van der Waals surface area contributed by atoms with Crippen LogP contribution in [0.15, 0.2) is 77.7 Å². The highest BCUT2D eigenvalue weighted by atomic mass is 35.5. The Morgan fingerprint density at radius 1 is 0.949 bits per heavy atom. The van der Waals surface area contributed by atoms with E-state index in [4.69, 9.17) is 27.9 Å². The molecule has 8 nitrogen and oxygen atoms in total. The third kappa shape index (κ3) is 7.23. The number of sulfonamides is 1. The SMILES string of the molecule is CCNC(=O)[C@H](CC)N(Cc1ccc(OC)cc1)C(=O)CN(c1cccc(Cl)c1Cl)S(=O)(=O)c1ccccc1. The van der Waals surface area contributed by atoms with E-state index in [1.165, 1.54) is 29.2 Å². The van der Waals surface area contributed by atoms with Crippen LogP contribution in [0.1, 0.15) is 25.8 Å². The molecule has 0 saturated heterocycles. The van der Waals surface area contributed by atoms with Gasteiger partial charge in [0.25, 0.3) is 10.0 Å². The lowest BCUT2D eigenvalue weighted by Crippen LogP contribution is -2.52. The minimum Gasteiger partial charge on any atom is -0.497 e. The maximum Gasteiger partial charge on any atom is 0.264 e. The van der Waals surface area contributed by atoms with Crippen molar-refractivity contribution in [3.63, 3.8) is 0 Å². The molecule has 208 valence electrons. The van der Waals surface area contributed by atoms with E-state index < -0.39 is 28.5 Å². The highest BCUT2D eigenvalue weighted by Gasteiger charge is 2.34. The Morgan fingerprint density at radius 2 is 1.62 bits per heavy atom. The minimum absolute atomic E-state index is 0.0102. The molecule has 0 saturated carbocycles. The molecule has 3 aromatic rings. The van der Waals surface area contributed by atoms with E-state index in [0.29, 0.717) is 18.7 Å². The summed E-state index contributed by atoms with van der Waals surface area (Å²) in [6.07, 6.45) is 0.317. The van der Waals surface area contributed by atoms with Gasteiger partial charge in [-0.15, -0.1) is 0 Å². The maximum absolute atomic E-state index is 14.0. The van der Waals surface area contributed by atoms with Gasteiger partial charge in [0.2, 0.25) is 11.8 Å². The van der Waals surface area contributed by atoms with Gasteiger partial charge in [-0.2, -0.15) is 0 Å². The Balaban J connectivity index is 2.08. The second kappa shape index (κ2) is 13.7. The number of halogens is 2. The van der Waals surface area contributed by atoms with Gasteiger partial charge in [-0.25, -0.2) is 8.42 Å². The summed E-state index contributed by atoms with van der Waals surface area (Å²) in [5, 5.41) is 2.90. The molecule has 0 spiro atoms. The topological polar surface area (TPSA) is 96.0 Å². The number of carbonyl (C=O) groups is 2. The third-order valence-electron chi connectivity index (χ3n) is 6.06. The van der Waals surface area contributed by atoms with Crippen molar-refractivity contribution >= 4 is 50.7 Å². The fourth-order valence-electron chi connectivity index (χ4n) is 4.06. The first-order valence-corrected chi connectivity index (χ1v) is 14.6. The van der Waals surface area contributed by atoms with Gasteiger partial charge in [0.1, 0.15) is 18.3 Å². The number of likely N-dealkylation sites (N-methyl/N-ethyl adjacent to an activating group) is 1. The summed E-state index contributed by atoms with van der Waals surface area (Å²) in [5.41, 5.74) is 0.793. The van der Waals surface area contributed by atoms with Crippen molar-refractivity contribution in [3.8, 4) is 5.75 Å². The van der Waals surface area contributed by atoms with Crippen molar-refractivity contribution < 1.29 is 22.7 Å². The van der Waals surface area contributed by atoms with Crippen molar-refractivity contribution in [1.82, 2.24) is 10.2 Å². The lowest BCUT2D eigenvalue weighted by Gasteiger charge is -2.33. The molecule has 0 unspecified atom stereocenters. The number of hydrogen-bond acceptors (Lipinski definition) is 5. The van der Waals surface area contributed by atoms with Crippen molar-refractivity contribution in [2.24, 2.45) is 0 Å². The Morgan fingerprint density at radius 3 is 2.21 bits per heavy atom. The predicted molar refractivity (Wildman–Crippen MR) is 154 cm³/mol. The van der Waals surface area contributed by atoms with Gasteiger partial charge >= 0.3 is 0 Å². The largest absolute Gasteiger partial charge is 0.497 e. The van der Waals surface area contributed by atoms with Crippen molar-refractivity contribution in [2.75, 3.05) is 24.5 Å². The van der Waals surface area contributed by atoms with Gasteiger partial charge in [-0.3, -0.25) is 13.9 Å². The average Bonchev–Trinajstić information content (AvgIpc) is 2.94. The van der Waals surface area contributed by atoms with Gasteiger partial charge in [-0.05, 0) is 55.3 Å². The molecule has 3 aromatic carbocycles. The van der Waals surface area contributed by atoms with E-state index >= 15 is 0 Å². The van der Waals surface area contributed by atoms with Crippen molar-refractivity contribution in [1.29, 1.82) is 0 Å². The number of ether oxygens (including phenoxy) is 1. The zero-order valence-electron chi connectivity index (χ0n) is 21.9. The van der Waals surface area contributed by atoms with Gasteiger partial charge in [0.05, 0.1) is 27.7 Å².